The highest BCUT2D eigenvalue weighted by atomic mass is 15.2. The first kappa shape index (κ1) is 9.94. The lowest BCUT2D eigenvalue weighted by atomic mass is 10.2. The third kappa shape index (κ3) is 2.45. The third-order valence-electron chi connectivity index (χ3n) is 2.54. The number of hydrogen-bond acceptors (Lipinski definition) is 4. The molecule has 4 nitrogen and oxygen atoms in total. The van der Waals surface area contributed by atoms with E-state index < -0.39 is 0 Å². The van der Waals surface area contributed by atoms with Gasteiger partial charge in [0.25, 0.3) is 0 Å². The molecule has 0 bridgehead atoms. The molecule has 15 heavy (non-hydrogen) atoms. The molecule has 1 fully saturated rings. The summed E-state index contributed by atoms with van der Waals surface area (Å²) in [6.07, 6.45) is 2.82. The summed E-state index contributed by atoms with van der Waals surface area (Å²) in [6.45, 7) is 4.02. The van der Waals surface area contributed by atoms with Crippen molar-refractivity contribution in [2.45, 2.75) is 6.42 Å². The van der Waals surface area contributed by atoms with Crippen LogP contribution in [0.2, 0.25) is 0 Å². The van der Waals surface area contributed by atoms with Gasteiger partial charge in [-0.2, -0.15) is 5.26 Å². The number of nitrogens with one attached hydrogen (secondary N) is 1. The summed E-state index contributed by atoms with van der Waals surface area (Å²) >= 11 is 0. The molecule has 0 aliphatic carbocycles. The number of pyridine rings is 1. The van der Waals surface area contributed by atoms with Gasteiger partial charge < -0.3 is 10.2 Å². The van der Waals surface area contributed by atoms with Gasteiger partial charge in [-0.05, 0) is 25.1 Å². The van der Waals surface area contributed by atoms with E-state index in [1.54, 1.807) is 12.3 Å². The Morgan fingerprint density at radius 2 is 2.33 bits per heavy atom. The molecular weight excluding hydrogens is 188 g/mol. The minimum absolute atomic E-state index is 0.678. The molecule has 0 amide bonds. The maximum absolute atomic E-state index is 8.81. The van der Waals surface area contributed by atoms with Gasteiger partial charge in [0.2, 0.25) is 0 Å². The van der Waals surface area contributed by atoms with Gasteiger partial charge in [0.15, 0.2) is 0 Å². The zero-order valence-electron chi connectivity index (χ0n) is 8.61. The standard InChI is InChI=1S/C11H14N4/c12-9-10-2-4-14-11(8-10)15-6-1-3-13-5-7-15/h2,4,8,13H,1,3,5-7H2. The fraction of sp³-hybridized carbons (Fsp3) is 0.455. The van der Waals surface area contributed by atoms with Crippen molar-refractivity contribution in [1.29, 1.82) is 5.26 Å². The molecule has 0 unspecified atom stereocenters. The van der Waals surface area contributed by atoms with E-state index in [9.17, 15) is 0 Å². The van der Waals surface area contributed by atoms with Crippen molar-refractivity contribution >= 4 is 5.82 Å². The third-order valence-corrected chi connectivity index (χ3v) is 2.54. The summed E-state index contributed by atoms with van der Waals surface area (Å²) in [4.78, 5) is 6.52. The molecule has 0 radical (unpaired) electrons. The van der Waals surface area contributed by atoms with Crippen LogP contribution >= 0.6 is 0 Å². The first-order valence-corrected chi connectivity index (χ1v) is 5.22. The Labute approximate surface area is 89.5 Å². The Kier molecular flexibility index (Phi) is 3.15. The van der Waals surface area contributed by atoms with Crippen molar-refractivity contribution in [2.75, 3.05) is 31.1 Å². The van der Waals surface area contributed by atoms with E-state index in [1.807, 2.05) is 6.07 Å². The summed E-state index contributed by atoms with van der Waals surface area (Å²) < 4.78 is 0. The number of nitriles is 1. The summed E-state index contributed by atoms with van der Waals surface area (Å²) in [5.74, 6) is 0.915. The lowest BCUT2D eigenvalue weighted by Crippen LogP contribution is -2.28. The summed E-state index contributed by atoms with van der Waals surface area (Å²) in [6, 6.07) is 5.73. The van der Waals surface area contributed by atoms with Crippen LogP contribution in [0.4, 0.5) is 5.82 Å². The maximum atomic E-state index is 8.81. The molecule has 1 saturated heterocycles. The van der Waals surface area contributed by atoms with Crippen LogP contribution < -0.4 is 10.2 Å². The van der Waals surface area contributed by atoms with E-state index in [0.717, 1.165) is 38.4 Å². The van der Waals surface area contributed by atoms with Gasteiger partial charge >= 0.3 is 0 Å². The van der Waals surface area contributed by atoms with Crippen LogP contribution in [0, 0.1) is 11.3 Å². The van der Waals surface area contributed by atoms with E-state index in [-0.39, 0.29) is 0 Å². The van der Waals surface area contributed by atoms with Crippen molar-refractivity contribution in [2.24, 2.45) is 0 Å². The normalized spacial score (nSPS) is 16.9. The van der Waals surface area contributed by atoms with Crippen LogP contribution in [0.5, 0.6) is 0 Å². The minimum Gasteiger partial charge on any atom is -0.355 e. The van der Waals surface area contributed by atoms with Gasteiger partial charge in [-0.15, -0.1) is 0 Å². The van der Waals surface area contributed by atoms with Gasteiger partial charge in [-0.1, -0.05) is 0 Å². The zero-order chi connectivity index (χ0) is 10.5. The molecule has 2 heterocycles. The summed E-state index contributed by atoms with van der Waals surface area (Å²) in [5, 5.41) is 12.1. The average Bonchev–Trinajstić information content (AvgIpc) is 2.58. The highest BCUT2D eigenvalue weighted by Crippen LogP contribution is 2.12. The second kappa shape index (κ2) is 4.76. The van der Waals surface area contributed by atoms with E-state index in [1.165, 1.54) is 0 Å². The molecule has 1 aliphatic heterocycles. The van der Waals surface area contributed by atoms with E-state index in [2.05, 4.69) is 21.3 Å². The van der Waals surface area contributed by atoms with Gasteiger partial charge in [0, 0.05) is 25.8 Å². The second-order valence-electron chi connectivity index (χ2n) is 3.61. The van der Waals surface area contributed by atoms with Crippen LogP contribution in [0.15, 0.2) is 18.3 Å². The first-order chi connectivity index (χ1) is 7.40. The topological polar surface area (TPSA) is 52.0 Å². The Morgan fingerprint density at radius 3 is 3.20 bits per heavy atom. The van der Waals surface area contributed by atoms with Gasteiger partial charge in [0.1, 0.15) is 5.82 Å². The van der Waals surface area contributed by atoms with Crippen molar-refractivity contribution < 1.29 is 0 Å². The minimum atomic E-state index is 0.678. The molecular formula is C11H14N4. The molecule has 2 rings (SSSR count). The van der Waals surface area contributed by atoms with Crippen molar-refractivity contribution in [1.82, 2.24) is 10.3 Å². The zero-order valence-corrected chi connectivity index (χ0v) is 8.61. The largest absolute Gasteiger partial charge is 0.355 e. The highest BCUT2D eigenvalue weighted by Gasteiger charge is 2.10. The molecule has 0 atom stereocenters. The van der Waals surface area contributed by atoms with Crippen molar-refractivity contribution in [3.63, 3.8) is 0 Å². The van der Waals surface area contributed by atoms with Gasteiger partial charge in [-0.25, -0.2) is 4.98 Å². The van der Waals surface area contributed by atoms with Crippen LogP contribution in [0.25, 0.3) is 0 Å². The molecule has 1 N–H and O–H groups in total. The Balaban J connectivity index is 2.16. The number of hydrogen-bond donors (Lipinski definition) is 1. The molecule has 0 aromatic carbocycles. The van der Waals surface area contributed by atoms with E-state index in [4.69, 9.17) is 5.26 Å². The summed E-state index contributed by atoms with van der Waals surface area (Å²) in [5.41, 5.74) is 0.678. The fourth-order valence-electron chi connectivity index (χ4n) is 1.74. The number of rotatable bonds is 1. The Hall–Kier alpha value is -1.60. The van der Waals surface area contributed by atoms with Crippen LogP contribution in [-0.4, -0.2) is 31.2 Å². The summed E-state index contributed by atoms with van der Waals surface area (Å²) in [7, 11) is 0. The molecule has 1 aromatic rings. The number of aromatic nitrogens is 1. The quantitative estimate of drug-likeness (QED) is 0.730. The molecule has 4 heteroatoms. The number of nitrogens with zero attached hydrogens (tertiary/aromatic N) is 3. The Morgan fingerprint density at radius 1 is 1.40 bits per heavy atom. The second-order valence-corrected chi connectivity index (χ2v) is 3.61. The molecule has 78 valence electrons. The predicted molar refractivity (Wildman–Crippen MR) is 58.7 cm³/mol. The first-order valence-electron chi connectivity index (χ1n) is 5.22. The van der Waals surface area contributed by atoms with Gasteiger partial charge in [0.05, 0.1) is 11.6 Å². The predicted octanol–water partition coefficient (Wildman–Crippen LogP) is 0.753. The maximum Gasteiger partial charge on any atom is 0.129 e. The SMILES string of the molecule is N#Cc1ccnc(N2CCCNCC2)c1. The smallest absolute Gasteiger partial charge is 0.129 e. The van der Waals surface area contributed by atoms with Crippen LogP contribution in [-0.2, 0) is 0 Å². The molecule has 1 aromatic heterocycles. The fourth-order valence-corrected chi connectivity index (χ4v) is 1.74. The number of anilines is 1. The Bertz CT molecular complexity index is 361. The van der Waals surface area contributed by atoms with Crippen molar-refractivity contribution in [3.05, 3.63) is 23.9 Å². The van der Waals surface area contributed by atoms with Crippen LogP contribution in [0.3, 0.4) is 0 Å². The van der Waals surface area contributed by atoms with E-state index >= 15 is 0 Å². The molecule has 0 saturated carbocycles. The average molecular weight is 202 g/mol. The van der Waals surface area contributed by atoms with E-state index in [0.29, 0.717) is 5.56 Å². The monoisotopic (exact) mass is 202 g/mol. The van der Waals surface area contributed by atoms with Crippen LogP contribution in [0.1, 0.15) is 12.0 Å². The molecule has 0 spiro atoms. The highest BCUT2D eigenvalue weighted by molar-refractivity contribution is 5.44. The molecule has 1 aliphatic rings. The lowest BCUT2D eigenvalue weighted by Gasteiger charge is -2.20. The lowest BCUT2D eigenvalue weighted by molar-refractivity contribution is 0.724. The van der Waals surface area contributed by atoms with Crippen molar-refractivity contribution in [3.8, 4) is 6.07 Å². The van der Waals surface area contributed by atoms with Gasteiger partial charge in [-0.3, -0.25) is 0 Å².